The van der Waals surface area contributed by atoms with Gasteiger partial charge in [-0.2, -0.15) is 0 Å². The summed E-state index contributed by atoms with van der Waals surface area (Å²) in [5, 5.41) is 32.5. The number of carbonyl (C=O) groups is 6. The molecule has 0 aliphatic carbocycles. The Morgan fingerprint density at radius 3 is 1.72 bits per heavy atom. The van der Waals surface area contributed by atoms with E-state index in [4.69, 9.17) is 11.5 Å². The number of benzene rings is 1. The quantitative estimate of drug-likeness (QED) is 0.0539. The topological polar surface area (TPSA) is 255 Å². The van der Waals surface area contributed by atoms with Crippen molar-refractivity contribution in [3.63, 3.8) is 0 Å². The number of nitrogens with two attached hydrogens (primary N) is 2. The fourth-order valence-corrected chi connectivity index (χ4v) is 5.00. The molecule has 15 heteroatoms. The number of nitrogens with one attached hydrogen (secondary N) is 5. The van der Waals surface area contributed by atoms with E-state index in [1.54, 1.807) is 12.1 Å². The van der Waals surface area contributed by atoms with Crippen molar-refractivity contribution in [2.45, 2.75) is 122 Å². The van der Waals surface area contributed by atoms with Crippen LogP contribution in [0.1, 0.15) is 84.6 Å². The van der Waals surface area contributed by atoms with Crippen LogP contribution >= 0.6 is 0 Å². The SMILES string of the molecule is C=CC[C@H](NC(=O)[C@H](CCCCN)NC(=O)[C@H](CCCC)NC(=O)[C@H](C)N)C(=O)N[C@@H](Cc1ccc(O)cc1)C(=O)N[C@@H](CC(C)C)C(=O)O. The maximum atomic E-state index is 13.7. The first-order valence-electron chi connectivity index (χ1n) is 17.2. The highest BCUT2D eigenvalue weighted by molar-refractivity contribution is 5.96. The van der Waals surface area contributed by atoms with E-state index in [0.717, 1.165) is 6.42 Å². The standard InChI is InChI=1S/C35H57N7O8/c1-6-8-12-26(38-30(44)22(5)37)32(46)40-27(13-9-10-18-36)33(47)39-25(11-7-2)31(45)41-28(20-23-14-16-24(43)17-15-23)34(48)42-29(35(49)50)19-21(3)4/h7,14-17,21-22,25-29,43H,2,6,8-13,18-20,36-37H2,1,3-5H3,(H,38,44)(H,39,47)(H,40,46)(H,41,45)(H,42,48)(H,49,50)/t22-,25-,26-,27-,28-,29-/m0/s1. The summed E-state index contributed by atoms with van der Waals surface area (Å²) in [7, 11) is 0. The molecule has 0 radical (unpaired) electrons. The van der Waals surface area contributed by atoms with Gasteiger partial charge < -0.3 is 48.3 Å². The number of hydrogen-bond donors (Lipinski definition) is 9. The van der Waals surface area contributed by atoms with Gasteiger partial charge in [-0.15, -0.1) is 6.58 Å². The van der Waals surface area contributed by atoms with Crippen LogP contribution in [0.5, 0.6) is 5.75 Å². The third-order valence-corrected chi connectivity index (χ3v) is 7.84. The Morgan fingerprint density at radius 1 is 0.740 bits per heavy atom. The lowest BCUT2D eigenvalue weighted by molar-refractivity contribution is -0.142. The second-order valence-corrected chi connectivity index (χ2v) is 12.9. The molecule has 0 saturated heterocycles. The molecule has 0 bridgehead atoms. The van der Waals surface area contributed by atoms with Crippen LogP contribution in [-0.2, 0) is 35.2 Å². The van der Waals surface area contributed by atoms with E-state index in [2.05, 4.69) is 33.2 Å². The molecule has 0 fully saturated rings. The Hall–Kier alpha value is -4.50. The summed E-state index contributed by atoms with van der Waals surface area (Å²) in [6.07, 6.45) is 4.43. The molecule has 50 heavy (non-hydrogen) atoms. The molecule has 0 aliphatic heterocycles. The van der Waals surface area contributed by atoms with Crippen LogP contribution in [-0.4, -0.2) is 88.5 Å². The van der Waals surface area contributed by atoms with Gasteiger partial charge in [0.05, 0.1) is 6.04 Å². The van der Waals surface area contributed by atoms with Crippen molar-refractivity contribution in [3.8, 4) is 5.75 Å². The average molecular weight is 704 g/mol. The van der Waals surface area contributed by atoms with Gasteiger partial charge in [-0.05, 0) is 75.6 Å². The van der Waals surface area contributed by atoms with Crippen LogP contribution in [0, 0.1) is 5.92 Å². The smallest absolute Gasteiger partial charge is 0.326 e. The molecule has 1 aromatic rings. The number of aromatic hydroxyl groups is 1. The Morgan fingerprint density at radius 2 is 1.22 bits per heavy atom. The van der Waals surface area contributed by atoms with Gasteiger partial charge in [0.2, 0.25) is 29.5 Å². The van der Waals surface area contributed by atoms with Crippen LogP contribution < -0.4 is 38.1 Å². The van der Waals surface area contributed by atoms with Crippen LogP contribution in [0.2, 0.25) is 0 Å². The predicted molar refractivity (Wildman–Crippen MR) is 189 cm³/mol. The van der Waals surface area contributed by atoms with Crippen LogP contribution in [0.25, 0.3) is 0 Å². The second kappa shape index (κ2) is 23.0. The number of carbonyl (C=O) groups excluding carboxylic acids is 5. The number of rotatable bonds is 24. The molecule has 15 nitrogen and oxygen atoms in total. The average Bonchev–Trinajstić information content (AvgIpc) is 3.05. The molecule has 5 amide bonds. The Kier molecular flexibility index (Phi) is 20.0. The predicted octanol–water partition coefficient (Wildman–Crippen LogP) is 0.732. The highest BCUT2D eigenvalue weighted by Gasteiger charge is 2.32. The van der Waals surface area contributed by atoms with Crippen molar-refractivity contribution in [1.29, 1.82) is 0 Å². The number of phenols is 1. The van der Waals surface area contributed by atoms with Gasteiger partial charge in [0.1, 0.15) is 36.0 Å². The van der Waals surface area contributed by atoms with Gasteiger partial charge in [0, 0.05) is 6.42 Å². The molecular weight excluding hydrogens is 646 g/mol. The van der Waals surface area contributed by atoms with E-state index in [1.807, 2.05) is 20.8 Å². The van der Waals surface area contributed by atoms with Crippen molar-refractivity contribution < 1.29 is 39.0 Å². The molecule has 0 spiro atoms. The molecule has 11 N–H and O–H groups in total. The van der Waals surface area contributed by atoms with Crippen molar-refractivity contribution in [1.82, 2.24) is 26.6 Å². The minimum atomic E-state index is -1.25. The Balaban J connectivity index is 3.29. The van der Waals surface area contributed by atoms with Gasteiger partial charge in [-0.25, -0.2) is 4.79 Å². The molecule has 0 saturated carbocycles. The zero-order valence-electron chi connectivity index (χ0n) is 29.7. The zero-order chi connectivity index (χ0) is 37.8. The maximum absolute atomic E-state index is 13.7. The number of phenolic OH excluding ortho intramolecular Hbond substituents is 1. The first-order valence-corrected chi connectivity index (χ1v) is 17.2. The van der Waals surface area contributed by atoms with Gasteiger partial charge >= 0.3 is 5.97 Å². The van der Waals surface area contributed by atoms with Crippen molar-refractivity contribution in [3.05, 3.63) is 42.5 Å². The molecule has 1 aromatic carbocycles. The Labute approximate surface area is 294 Å². The maximum Gasteiger partial charge on any atom is 0.326 e. The molecule has 1 rings (SSSR count). The fraction of sp³-hybridized carbons (Fsp3) is 0.600. The number of amides is 5. The second-order valence-electron chi connectivity index (χ2n) is 12.9. The summed E-state index contributed by atoms with van der Waals surface area (Å²) in [6, 6.07) is -0.592. The first-order chi connectivity index (χ1) is 23.6. The third kappa shape index (κ3) is 16.3. The van der Waals surface area contributed by atoms with E-state index in [1.165, 1.54) is 25.1 Å². The number of carboxylic acids is 1. The summed E-state index contributed by atoms with van der Waals surface area (Å²) in [5.74, 6) is -4.54. The van der Waals surface area contributed by atoms with Gasteiger partial charge in [0.25, 0.3) is 0 Å². The van der Waals surface area contributed by atoms with Gasteiger partial charge in [-0.1, -0.05) is 51.8 Å². The lowest BCUT2D eigenvalue weighted by Gasteiger charge is -2.27. The summed E-state index contributed by atoms with van der Waals surface area (Å²) < 4.78 is 0. The van der Waals surface area contributed by atoms with Gasteiger partial charge in [0.15, 0.2) is 0 Å². The number of aliphatic carboxylic acids is 1. The summed E-state index contributed by atoms with van der Waals surface area (Å²) in [4.78, 5) is 78.3. The largest absolute Gasteiger partial charge is 0.508 e. The monoisotopic (exact) mass is 703 g/mol. The number of hydrogen-bond acceptors (Lipinski definition) is 9. The van der Waals surface area contributed by atoms with Crippen molar-refractivity contribution in [2.24, 2.45) is 17.4 Å². The van der Waals surface area contributed by atoms with Crippen LogP contribution in [0.4, 0.5) is 0 Å². The molecule has 6 atom stereocenters. The highest BCUT2D eigenvalue weighted by atomic mass is 16.4. The molecular formula is C35H57N7O8. The van der Waals surface area contributed by atoms with Crippen LogP contribution in [0.3, 0.4) is 0 Å². The normalized spacial score (nSPS) is 14.6. The minimum absolute atomic E-state index is 0.00321. The Bertz CT molecular complexity index is 1270. The van der Waals surface area contributed by atoms with E-state index >= 15 is 0 Å². The summed E-state index contributed by atoms with van der Waals surface area (Å²) in [5.41, 5.74) is 11.9. The lowest BCUT2D eigenvalue weighted by Crippen LogP contribution is -2.59. The summed E-state index contributed by atoms with van der Waals surface area (Å²) >= 11 is 0. The lowest BCUT2D eigenvalue weighted by atomic mass is 10.0. The van der Waals surface area contributed by atoms with Crippen molar-refractivity contribution in [2.75, 3.05) is 6.54 Å². The van der Waals surface area contributed by atoms with E-state index in [0.29, 0.717) is 37.8 Å². The first kappa shape index (κ1) is 43.5. The molecule has 0 aromatic heterocycles. The minimum Gasteiger partial charge on any atom is -0.508 e. The summed E-state index contributed by atoms with van der Waals surface area (Å²) in [6.45, 7) is 11.1. The zero-order valence-corrected chi connectivity index (χ0v) is 29.7. The highest BCUT2D eigenvalue weighted by Crippen LogP contribution is 2.13. The molecule has 0 heterocycles. The third-order valence-electron chi connectivity index (χ3n) is 7.84. The van der Waals surface area contributed by atoms with Crippen molar-refractivity contribution >= 4 is 35.5 Å². The number of carboxylic acid groups (broad SMARTS) is 1. The van der Waals surface area contributed by atoms with Gasteiger partial charge in [-0.3, -0.25) is 24.0 Å². The molecule has 0 unspecified atom stereocenters. The molecule has 0 aliphatic rings. The van der Waals surface area contributed by atoms with E-state index in [9.17, 15) is 39.0 Å². The van der Waals surface area contributed by atoms with Crippen LogP contribution in [0.15, 0.2) is 36.9 Å². The number of unbranched alkanes of at least 4 members (excludes halogenated alkanes) is 2. The molecule has 280 valence electrons. The van der Waals surface area contributed by atoms with E-state index in [-0.39, 0.29) is 37.4 Å². The van der Waals surface area contributed by atoms with E-state index < -0.39 is 71.8 Å². The fourth-order valence-electron chi connectivity index (χ4n) is 5.00.